The first-order chi connectivity index (χ1) is 12.3. The fraction of sp³-hybridized carbons (Fsp3) is 0.529. The molecule has 1 amide bonds. The Kier molecular flexibility index (Phi) is 5.19. The van der Waals surface area contributed by atoms with Crippen molar-refractivity contribution in [2.45, 2.75) is 36.6 Å². The van der Waals surface area contributed by atoms with E-state index in [1.807, 2.05) is 0 Å². The molecular formula is C17H22N2O6S. The molecule has 2 aliphatic rings. The number of nitrogens with zero attached hydrogens (tertiary/aromatic N) is 1. The van der Waals surface area contributed by atoms with Gasteiger partial charge in [0.25, 0.3) is 5.91 Å². The monoisotopic (exact) mass is 382 g/mol. The van der Waals surface area contributed by atoms with Crippen molar-refractivity contribution in [1.29, 1.82) is 0 Å². The van der Waals surface area contributed by atoms with Gasteiger partial charge in [0.2, 0.25) is 10.0 Å². The normalized spacial score (nSPS) is 18.6. The van der Waals surface area contributed by atoms with Crippen molar-refractivity contribution in [2.24, 2.45) is 5.92 Å². The molecule has 1 aliphatic carbocycles. The number of hydrogen-bond donors (Lipinski definition) is 2. The van der Waals surface area contributed by atoms with Crippen molar-refractivity contribution in [2.75, 3.05) is 20.2 Å². The molecule has 0 aromatic heterocycles. The zero-order valence-electron chi connectivity index (χ0n) is 14.5. The van der Waals surface area contributed by atoms with Crippen LogP contribution >= 0.6 is 0 Å². The van der Waals surface area contributed by atoms with Gasteiger partial charge in [0, 0.05) is 24.7 Å². The smallest absolute Gasteiger partial charge is 0.306 e. The van der Waals surface area contributed by atoms with Crippen molar-refractivity contribution < 1.29 is 27.9 Å². The lowest BCUT2D eigenvalue weighted by Crippen LogP contribution is -2.40. The molecule has 1 aromatic rings. The van der Waals surface area contributed by atoms with Crippen molar-refractivity contribution in [3.8, 4) is 5.75 Å². The van der Waals surface area contributed by atoms with Crippen LogP contribution in [0.5, 0.6) is 5.75 Å². The molecule has 0 atom stereocenters. The predicted molar refractivity (Wildman–Crippen MR) is 92.6 cm³/mol. The lowest BCUT2D eigenvalue weighted by molar-refractivity contribution is -0.143. The summed E-state index contributed by atoms with van der Waals surface area (Å²) in [4.78, 5) is 25.2. The van der Waals surface area contributed by atoms with Crippen LogP contribution in [0.2, 0.25) is 0 Å². The summed E-state index contributed by atoms with van der Waals surface area (Å²) in [6, 6.07) is 4.27. The van der Waals surface area contributed by atoms with Gasteiger partial charge in [-0.05, 0) is 43.9 Å². The van der Waals surface area contributed by atoms with Crippen LogP contribution in [-0.2, 0) is 14.8 Å². The molecule has 2 N–H and O–H groups in total. The molecule has 1 aromatic carbocycles. The third kappa shape index (κ3) is 3.99. The Morgan fingerprint density at radius 3 is 2.38 bits per heavy atom. The summed E-state index contributed by atoms with van der Waals surface area (Å²) in [7, 11) is -2.39. The molecule has 0 unspecified atom stereocenters. The molecule has 1 saturated heterocycles. The summed E-state index contributed by atoms with van der Waals surface area (Å²) in [5, 5.41) is 9.05. The number of amides is 1. The molecule has 142 valence electrons. The van der Waals surface area contributed by atoms with Crippen molar-refractivity contribution in [1.82, 2.24) is 9.62 Å². The highest BCUT2D eigenvalue weighted by atomic mass is 32.2. The SMILES string of the molecule is COc1ccc(C(=O)N2CCC(C(=O)O)CC2)cc1S(=O)(=O)NC1CC1. The molecule has 1 saturated carbocycles. The topological polar surface area (TPSA) is 113 Å². The van der Waals surface area contributed by atoms with E-state index < -0.39 is 21.9 Å². The Balaban J connectivity index is 1.81. The highest BCUT2D eigenvalue weighted by Crippen LogP contribution is 2.29. The van der Waals surface area contributed by atoms with E-state index in [2.05, 4.69) is 4.72 Å². The standard InChI is InChI=1S/C17H22N2O6S/c1-25-14-5-2-12(10-15(14)26(23,24)18-13-3-4-13)16(20)19-8-6-11(7-9-19)17(21)22/h2,5,10-11,13,18H,3-4,6-9H2,1H3,(H,21,22). The second kappa shape index (κ2) is 7.24. The van der Waals surface area contributed by atoms with Gasteiger partial charge in [0.15, 0.2) is 0 Å². The molecule has 0 bridgehead atoms. The number of carboxylic acid groups (broad SMARTS) is 1. The third-order valence-electron chi connectivity index (χ3n) is 4.73. The van der Waals surface area contributed by atoms with Gasteiger partial charge >= 0.3 is 5.97 Å². The Bertz CT molecular complexity index is 811. The average Bonchev–Trinajstić information content (AvgIpc) is 3.44. The maximum Gasteiger partial charge on any atom is 0.306 e. The molecular weight excluding hydrogens is 360 g/mol. The number of benzene rings is 1. The first-order valence-electron chi connectivity index (χ1n) is 8.54. The van der Waals surface area contributed by atoms with E-state index in [1.165, 1.54) is 25.3 Å². The van der Waals surface area contributed by atoms with Crippen LogP contribution in [0.4, 0.5) is 0 Å². The van der Waals surface area contributed by atoms with Gasteiger partial charge in [-0.1, -0.05) is 0 Å². The number of sulfonamides is 1. The number of likely N-dealkylation sites (tertiary alicyclic amines) is 1. The first kappa shape index (κ1) is 18.7. The minimum atomic E-state index is -3.77. The molecule has 3 rings (SSSR count). The zero-order valence-corrected chi connectivity index (χ0v) is 15.3. The molecule has 1 aliphatic heterocycles. The van der Waals surface area contributed by atoms with Crippen LogP contribution in [0.3, 0.4) is 0 Å². The largest absolute Gasteiger partial charge is 0.495 e. The summed E-state index contributed by atoms with van der Waals surface area (Å²) in [5.41, 5.74) is 0.246. The lowest BCUT2D eigenvalue weighted by atomic mass is 9.96. The number of hydrogen-bond acceptors (Lipinski definition) is 5. The number of methoxy groups -OCH3 is 1. The number of aliphatic carboxylic acids is 1. The van der Waals surface area contributed by atoms with Gasteiger partial charge in [-0.2, -0.15) is 0 Å². The van der Waals surface area contributed by atoms with Crippen LogP contribution in [0.1, 0.15) is 36.0 Å². The quantitative estimate of drug-likeness (QED) is 0.761. The fourth-order valence-electron chi connectivity index (χ4n) is 3.02. The second-order valence-corrected chi connectivity index (χ2v) is 8.35. The minimum Gasteiger partial charge on any atom is -0.495 e. The summed E-state index contributed by atoms with van der Waals surface area (Å²) >= 11 is 0. The maximum atomic E-state index is 12.7. The highest BCUT2D eigenvalue weighted by molar-refractivity contribution is 7.89. The summed E-state index contributed by atoms with van der Waals surface area (Å²) < 4.78 is 32.8. The van der Waals surface area contributed by atoms with E-state index in [0.29, 0.717) is 25.9 Å². The molecule has 1 heterocycles. The molecule has 26 heavy (non-hydrogen) atoms. The van der Waals surface area contributed by atoms with Crippen molar-refractivity contribution >= 4 is 21.9 Å². The van der Waals surface area contributed by atoms with E-state index in [-0.39, 0.29) is 28.2 Å². The number of piperidine rings is 1. The van der Waals surface area contributed by atoms with Gasteiger partial charge in [-0.25, -0.2) is 13.1 Å². The lowest BCUT2D eigenvalue weighted by Gasteiger charge is -2.30. The van der Waals surface area contributed by atoms with Gasteiger partial charge < -0.3 is 14.7 Å². The Morgan fingerprint density at radius 1 is 1.19 bits per heavy atom. The number of nitrogens with one attached hydrogen (secondary N) is 1. The van der Waals surface area contributed by atoms with Crippen LogP contribution in [0.25, 0.3) is 0 Å². The number of carbonyl (C=O) groups excluding carboxylic acids is 1. The van der Waals surface area contributed by atoms with Gasteiger partial charge in [0.05, 0.1) is 13.0 Å². The fourth-order valence-corrected chi connectivity index (χ4v) is 4.52. The van der Waals surface area contributed by atoms with Crippen LogP contribution in [-0.4, -0.2) is 56.5 Å². The van der Waals surface area contributed by atoms with Crippen LogP contribution in [0.15, 0.2) is 23.1 Å². The first-order valence-corrected chi connectivity index (χ1v) is 10.0. The summed E-state index contributed by atoms with van der Waals surface area (Å²) in [6.45, 7) is 0.675. The minimum absolute atomic E-state index is 0.0564. The van der Waals surface area contributed by atoms with Crippen molar-refractivity contribution in [3.63, 3.8) is 0 Å². The van der Waals surface area contributed by atoms with E-state index in [9.17, 15) is 18.0 Å². The molecule has 2 fully saturated rings. The third-order valence-corrected chi connectivity index (χ3v) is 6.27. The van der Waals surface area contributed by atoms with Gasteiger partial charge in [0.1, 0.15) is 10.6 Å². The Hall–Kier alpha value is -2.13. The molecule has 8 nitrogen and oxygen atoms in total. The maximum absolute atomic E-state index is 12.7. The van der Waals surface area contributed by atoms with E-state index in [1.54, 1.807) is 4.90 Å². The number of ether oxygens (including phenoxy) is 1. The molecule has 9 heteroatoms. The van der Waals surface area contributed by atoms with Crippen molar-refractivity contribution in [3.05, 3.63) is 23.8 Å². The zero-order chi connectivity index (χ0) is 18.9. The van der Waals surface area contributed by atoms with Gasteiger partial charge in [-0.15, -0.1) is 0 Å². The second-order valence-electron chi connectivity index (χ2n) is 6.67. The summed E-state index contributed by atoms with van der Waals surface area (Å²) in [5.74, 6) is -1.41. The van der Waals surface area contributed by atoms with E-state index >= 15 is 0 Å². The number of carboxylic acids is 1. The summed E-state index contributed by atoms with van der Waals surface area (Å²) in [6.07, 6.45) is 2.40. The number of carbonyl (C=O) groups is 2. The van der Waals surface area contributed by atoms with E-state index in [4.69, 9.17) is 9.84 Å². The Labute approximate surface area is 152 Å². The molecule has 0 spiro atoms. The Morgan fingerprint density at radius 2 is 1.85 bits per heavy atom. The van der Waals surface area contributed by atoms with E-state index in [0.717, 1.165) is 12.8 Å². The average molecular weight is 382 g/mol. The predicted octanol–water partition coefficient (Wildman–Crippen LogP) is 1.07. The molecule has 0 radical (unpaired) electrons. The van der Waals surface area contributed by atoms with Crippen LogP contribution < -0.4 is 9.46 Å². The van der Waals surface area contributed by atoms with Crippen LogP contribution in [0, 0.1) is 5.92 Å². The van der Waals surface area contributed by atoms with Gasteiger partial charge in [-0.3, -0.25) is 9.59 Å². The number of rotatable bonds is 6. The highest BCUT2D eigenvalue weighted by Gasteiger charge is 2.32.